The minimum Gasteiger partial charge on any atom is -0.480 e. The Kier molecular flexibility index (Phi) is 8.44. The fraction of sp³-hybridized carbons (Fsp3) is 0.562. The van der Waals surface area contributed by atoms with Gasteiger partial charge in [-0.3, -0.25) is 19.1 Å². The van der Waals surface area contributed by atoms with E-state index in [1.165, 1.54) is 10.9 Å². The number of carboxylic acid groups (broad SMARTS) is 1. The second-order valence-electron chi connectivity index (χ2n) is 6.88. The molecular formula is C16H26N8O8. The number of aromatic nitrogens is 4. The lowest BCUT2D eigenvalue weighted by Gasteiger charge is -2.16. The highest BCUT2D eigenvalue weighted by Gasteiger charge is 2.44. The lowest BCUT2D eigenvalue weighted by atomic mass is 10.1. The van der Waals surface area contributed by atoms with E-state index in [2.05, 4.69) is 20.3 Å². The predicted molar refractivity (Wildman–Crippen MR) is 108 cm³/mol. The molecule has 0 bridgehead atoms. The van der Waals surface area contributed by atoms with Crippen LogP contribution in [0, 0.1) is 0 Å². The summed E-state index contributed by atoms with van der Waals surface area (Å²) in [5.74, 6) is -1.13. The zero-order chi connectivity index (χ0) is 24.0. The first kappa shape index (κ1) is 25.0. The van der Waals surface area contributed by atoms with Crippen molar-refractivity contribution in [1.82, 2.24) is 24.8 Å². The molecule has 1 aliphatic heterocycles. The molecule has 5 atom stereocenters. The van der Waals surface area contributed by atoms with Gasteiger partial charge in [0.1, 0.15) is 24.4 Å². The maximum atomic E-state index is 11.7. The second-order valence-corrected chi connectivity index (χ2v) is 6.88. The molecular weight excluding hydrogens is 432 g/mol. The molecule has 16 nitrogen and oxygen atoms in total. The van der Waals surface area contributed by atoms with E-state index in [4.69, 9.17) is 32.2 Å². The van der Waals surface area contributed by atoms with Gasteiger partial charge in [-0.25, -0.2) is 9.78 Å². The molecule has 12 N–H and O–H groups in total. The molecule has 1 unspecified atom stereocenters. The summed E-state index contributed by atoms with van der Waals surface area (Å²) in [4.78, 5) is 42.1. The van der Waals surface area contributed by atoms with E-state index in [-0.39, 0.29) is 17.1 Å². The van der Waals surface area contributed by atoms with Crippen molar-refractivity contribution in [2.75, 3.05) is 18.9 Å². The largest absolute Gasteiger partial charge is 0.480 e. The molecule has 32 heavy (non-hydrogen) atoms. The zero-order valence-electron chi connectivity index (χ0n) is 16.8. The van der Waals surface area contributed by atoms with Crippen LogP contribution in [-0.2, 0) is 9.53 Å². The number of rotatable bonds is 7. The molecule has 16 heteroatoms. The second kappa shape index (κ2) is 10.8. The average molecular weight is 458 g/mol. The topological polar surface area (TPSA) is 278 Å². The number of carbonyl (C=O) groups excluding carboxylic acids is 1. The van der Waals surface area contributed by atoms with E-state index in [0.29, 0.717) is 19.4 Å². The number of aliphatic hydroxyl groups is 3. The average Bonchev–Trinajstić information content (AvgIpc) is 3.26. The number of nitrogens with two attached hydrogens (primary N) is 3. The first-order valence-corrected chi connectivity index (χ1v) is 9.43. The van der Waals surface area contributed by atoms with Crippen LogP contribution in [0.5, 0.6) is 0 Å². The molecule has 0 aromatic carbocycles. The normalized spacial score (nSPS) is 23.4. The minimum atomic E-state index is -1.29. The van der Waals surface area contributed by atoms with Crippen molar-refractivity contribution in [3.05, 3.63) is 16.7 Å². The number of ether oxygens (including phenoxy) is 1. The van der Waals surface area contributed by atoms with Crippen LogP contribution in [-0.4, -0.2) is 89.5 Å². The SMILES string of the molecule is NC(=O)NCCCC(N)C(=O)O.Nc1nc2c(ncn2[C@@H]2O[C@H](CO)[C@@H](O)[C@H]2O)c(=O)[nH]1. The van der Waals surface area contributed by atoms with Crippen LogP contribution in [0.3, 0.4) is 0 Å². The fourth-order valence-corrected chi connectivity index (χ4v) is 2.90. The molecule has 1 saturated heterocycles. The van der Waals surface area contributed by atoms with Crippen molar-refractivity contribution in [3.8, 4) is 0 Å². The van der Waals surface area contributed by atoms with E-state index in [9.17, 15) is 24.6 Å². The summed E-state index contributed by atoms with van der Waals surface area (Å²) in [5, 5.41) is 39.4. The molecule has 0 saturated carbocycles. The van der Waals surface area contributed by atoms with Gasteiger partial charge >= 0.3 is 12.0 Å². The predicted octanol–water partition coefficient (Wildman–Crippen LogP) is -3.84. The van der Waals surface area contributed by atoms with Crippen LogP contribution in [0.2, 0.25) is 0 Å². The Morgan fingerprint density at radius 1 is 1.34 bits per heavy atom. The number of nitrogens with one attached hydrogen (secondary N) is 2. The molecule has 178 valence electrons. The highest BCUT2D eigenvalue weighted by atomic mass is 16.6. The van der Waals surface area contributed by atoms with Crippen LogP contribution in [0.1, 0.15) is 19.1 Å². The number of primary amides is 1. The third kappa shape index (κ3) is 5.89. The van der Waals surface area contributed by atoms with Crippen LogP contribution >= 0.6 is 0 Å². The van der Waals surface area contributed by atoms with Crippen molar-refractivity contribution in [3.63, 3.8) is 0 Å². The standard InChI is InChI=1S/C10H13N5O5.C6H13N3O3/c11-10-13-7-4(8(19)14-10)12-2-15(7)9-6(18)5(17)3(1-16)20-9;7-4(5(10)11)2-1-3-9-6(8)12/h2-3,5-6,9,16-18H,1H2,(H3,11,13,14,19);4H,1-3,7H2,(H,10,11)(H3,8,9,12)/t3-,5-,6-,9-;/m1./s1. The van der Waals surface area contributed by atoms with Gasteiger partial charge in [-0.15, -0.1) is 0 Å². The number of hydrogen-bond donors (Lipinski definition) is 9. The number of hydrogen-bond acceptors (Lipinski definition) is 11. The van der Waals surface area contributed by atoms with Gasteiger partial charge < -0.3 is 47.7 Å². The third-order valence-electron chi connectivity index (χ3n) is 4.55. The highest BCUT2D eigenvalue weighted by Crippen LogP contribution is 2.30. The Balaban J connectivity index is 0.000000262. The summed E-state index contributed by atoms with van der Waals surface area (Å²) in [6.45, 7) is -0.0895. The van der Waals surface area contributed by atoms with Crippen molar-refractivity contribution < 1.29 is 34.8 Å². The number of nitrogen functional groups attached to an aromatic ring is 1. The first-order valence-electron chi connectivity index (χ1n) is 9.43. The van der Waals surface area contributed by atoms with Gasteiger partial charge in [-0.05, 0) is 12.8 Å². The number of amides is 2. The van der Waals surface area contributed by atoms with Crippen molar-refractivity contribution in [2.24, 2.45) is 11.5 Å². The van der Waals surface area contributed by atoms with Crippen LogP contribution in [0.15, 0.2) is 11.1 Å². The van der Waals surface area contributed by atoms with Gasteiger partial charge in [-0.2, -0.15) is 4.98 Å². The van der Waals surface area contributed by atoms with Gasteiger partial charge in [0.2, 0.25) is 5.95 Å². The van der Waals surface area contributed by atoms with Gasteiger partial charge in [0.25, 0.3) is 5.56 Å². The number of urea groups is 1. The number of carbonyl (C=O) groups is 2. The number of H-pyrrole nitrogens is 1. The molecule has 0 radical (unpaired) electrons. The number of aliphatic hydroxyl groups excluding tert-OH is 3. The lowest BCUT2D eigenvalue weighted by molar-refractivity contribution is -0.138. The number of aromatic amines is 1. The van der Waals surface area contributed by atoms with Crippen molar-refractivity contribution in [2.45, 2.75) is 43.4 Å². The van der Waals surface area contributed by atoms with Gasteiger partial charge in [0.15, 0.2) is 17.4 Å². The summed E-state index contributed by atoms with van der Waals surface area (Å²) in [5.41, 5.74) is 15.1. The number of fused-ring (bicyclic) bond motifs is 1. The van der Waals surface area contributed by atoms with E-state index in [1.807, 2.05) is 0 Å². The minimum absolute atomic E-state index is 0.0388. The highest BCUT2D eigenvalue weighted by molar-refractivity contribution is 5.73. The fourth-order valence-electron chi connectivity index (χ4n) is 2.90. The number of anilines is 1. The Morgan fingerprint density at radius 2 is 2.03 bits per heavy atom. The maximum absolute atomic E-state index is 11.7. The Bertz CT molecular complexity index is 994. The quantitative estimate of drug-likeness (QED) is 0.180. The number of aliphatic carboxylic acids is 1. The van der Waals surface area contributed by atoms with Crippen LogP contribution in [0.25, 0.3) is 11.2 Å². The summed E-state index contributed by atoms with van der Waals surface area (Å²) in [6, 6.07) is -1.47. The molecule has 3 heterocycles. The van der Waals surface area contributed by atoms with E-state index >= 15 is 0 Å². The van der Waals surface area contributed by atoms with Gasteiger partial charge in [0.05, 0.1) is 12.9 Å². The molecule has 2 aromatic rings. The molecule has 0 aliphatic carbocycles. The van der Waals surface area contributed by atoms with Crippen LogP contribution < -0.4 is 28.1 Å². The summed E-state index contributed by atoms with van der Waals surface area (Å²) in [6.07, 6.45) is -2.38. The van der Waals surface area contributed by atoms with E-state index in [0.717, 1.165) is 0 Å². The molecule has 3 rings (SSSR count). The summed E-state index contributed by atoms with van der Waals surface area (Å²) < 4.78 is 6.64. The Hall–Kier alpha value is -3.31. The molecule has 2 amide bonds. The summed E-state index contributed by atoms with van der Waals surface area (Å²) >= 11 is 0. The molecule has 1 aliphatic rings. The van der Waals surface area contributed by atoms with Gasteiger partial charge in [-0.1, -0.05) is 0 Å². The summed E-state index contributed by atoms with van der Waals surface area (Å²) in [7, 11) is 0. The smallest absolute Gasteiger partial charge is 0.320 e. The zero-order valence-corrected chi connectivity index (χ0v) is 16.8. The molecule has 1 fully saturated rings. The van der Waals surface area contributed by atoms with Crippen molar-refractivity contribution >= 4 is 29.1 Å². The first-order chi connectivity index (χ1) is 15.1. The number of imidazole rings is 1. The lowest BCUT2D eigenvalue weighted by Crippen LogP contribution is -2.33. The Morgan fingerprint density at radius 3 is 2.59 bits per heavy atom. The van der Waals surface area contributed by atoms with Crippen LogP contribution in [0.4, 0.5) is 10.7 Å². The number of nitrogens with zero attached hydrogens (tertiary/aromatic N) is 3. The van der Waals surface area contributed by atoms with Crippen molar-refractivity contribution in [1.29, 1.82) is 0 Å². The van der Waals surface area contributed by atoms with E-state index in [1.54, 1.807) is 0 Å². The third-order valence-corrected chi connectivity index (χ3v) is 4.55. The maximum Gasteiger partial charge on any atom is 0.320 e. The monoisotopic (exact) mass is 458 g/mol. The molecule has 0 spiro atoms. The van der Waals surface area contributed by atoms with E-state index < -0.39 is 54.7 Å². The van der Waals surface area contributed by atoms with Gasteiger partial charge in [0, 0.05) is 6.54 Å². The Labute approximate surface area is 180 Å². The molecule has 2 aromatic heterocycles. The number of carboxylic acids is 1.